The summed E-state index contributed by atoms with van der Waals surface area (Å²) in [5.74, 6) is -0.915. The number of hydrogen-bond donors (Lipinski definition) is 0. The van der Waals surface area contributed by atoms with Crippen LogP contribution in [0.25, 0.3) is 0 Å². The third-order valence-electron chi connectivity index (χ3n) is 10.8. The van der Waals surface area contributed by atoms with Crippen LogP contribution in [0.3, 0.4) is 0 Å². The second kappa shape index (κ2) is 48.0. The summed E-state index contributed by atoms with van der Waals surface area (Å²) in [6, 6.07) is 0. The minimum Gasteiger partial charge on any atom is -0.462 e. The van der Waals surface area contributed by atoms with Crippen LogP contribution >= 0.6 is 0 Å². The van der Waals surface area contributed by atoms with Gasteiger partial charge in [0.25, 0.3) is 0 Å². The van der Waals surface area contributed by atoms with Gasteiger partial charge in [-0.25, -0.2) is 0 Å². The van der Waals surface area contributed by atoms with Crippen LogP contribution < -0.4 is 0 Å². The molecule has 0 amide bonds. The highest BCUT2D eigenvalue weighted by molar-refractivity contribution is 5.71. The van der Waals surface area contributed by atoms with E-state index in [0.717, 1.165) is 89.9 Å². The van der Waals surface area contributed by atoms with Crippen LogP contribution in [0.1, 0.15) is 252 Å². The third kappa shape index (κ3) is 46.3. The first-order valence-electron chi connectivity index (χ1n) is 25.1. The highest BCUT2D eigenvalue weighted by Gasteiger charge is 2.19. The van der Waals surface area contributed by atoms with Crippen LogP contribution in [0.2, 0.25) is 0 Å². The smallest absolute Gasteiger partial charge is 0.306 e. The standard InChI is InChI=1S/C53H94O6/c1-4-7-10-13-16-19-22-24-25-26-27-29-31-34-37-40-43-46-52(55)58-49-50(48-57-51(54)45-42-39-36-33-30-21-18-15-12-9-6-3)59-53(56)47-44-41-38-35-32-28-23-20-17-14-11-8-5-2/h15-16,18-19,24-25,28,32,50H,4-14,17,20-23,26-27,29-31,33-49H2,1-3H3/b18-15-,19-16-,25-24-,32-28-. The first kappa shape index (κ1) is 56.4. The monoisotopic (exact) mass is 827 g/mol. The molecule has 0 fully saturated rings. The maximum atomic E-state index is 12.7. The van der Waals surface area contributed by atoms with E-state index in [2.05, 4.69) is 69.4 Å². The van der Waals surface area contributed by atoms with Crippen molar-refractivity contribution >= 4 is 17.9 Å². The number of rotatable bonds is 45. The van der Waals surface area contributed by atoms with Crippen molar-refractivity contribution < 1.29 is 28.6 Å². The van der Waals surface area contributed by atoms with Crippen LogP contribution in [0.15, 0.2) is 48.6 Å². The van der Waals surface area contributed by atoms with Crippen molar-refractivity contribution in [3.05, 3.63) is 48.6 Å². The van der Waals surface area contributed by atoms with Gasteiger partial charge in [0.15, 0.2) is 6.10 Å². The summed E-state index contributed by atoms with van der Waals surface area (Å²) in [6.07, 6.45) is 56.6. The van der Waals surface area contributed by atoms with Crippen LogP contribution in [-0.2, 0) is 28.6 Å². The molecule has 0 N–H and O–H groups in total. The number of ether oxygens (including phenoxy) is 3. The summed E-state index contributed by atoms with van der Waals surface area (Å²) >= 11 is 0. The molecule has 0 spiro atoms. The van der Waals surface area contributed by atoms with E-state index in [-0.39, 0.29) is 31.1 Å². The molecule has 0 aliphatic rings. The Bertz CT molecular complexity index is 1040. The predicted molar refractivity (Wildman–Crippen MR) is 252 cm³/mol. The molecule has 1 atom stereocenters. The van der Waals surface area contributed by atoms with Gasteiger partial charge >= 0.3 is 17.9 Å². The van der Waals surface area contributed by atoms with E-state index in [9.17, 15) is 14.4 Å². The summed E-state index contributed by atoms with van der Waals surface area (Å²) in [6.45, 7) is 6.54. The largest absolute Gasteiger partial charge is 0.462 e. The van der Waals surface area contributed by atoms with E-state index in [4.69, 9.17) is 14.2 Å². The zero-order valence-corrected chi connectivity index (χ0v) is 39.0. The van der Waals surface area contributed by atoms with E-state index in [0.29, 0.717) is 19.3 Å². The van der Waals surface area contributed by atoms with Gasteiger partial charge in [-0.2, -0.15) is 0 Å². The molecule has 0 heterocycles. The predicted octanol–water partition coefficient (Wildman–Crippen LogP) is 16.3. The number of unbranched alkanes of at least 4 members (excludes halogenated alkanes) is 26. The Kier molecular flexibility index (Phi) is 45.9. The van der Waals surface area contributed by atoms with Crippen molar-refractivity contribution in [2.75, 3.05) is 13.2 Å². The van der Waals surface area contributed by atoms with Crippen LogP contribution in [0, 0.1) is 0 Å². The normalized spacial score (nSPS) is 12.4. The molecule has 1 unspecified atom stereocenters. The molecular formula is C53H94O6. The molecule has 0 aliphatic carbocycles. The minimum absolute atomic E-state index is 0.0855. The molecule has 0 saturated carbocycles. The van der Waals surface area contributed by atoms with Gasteiger partial charge in [-0.1, -0.05) is 185 Å². The van der Waals surface area contributed by atoms with Gasteiger partial charge in [-0.3, -0.25) is 14.4 Å². The molecule has 0 radical (unpaired) electrons. The Balaban J connectivity index is 4.38. The van der Waals surface area contributed by atoms with Crippen molar-refractivity contribution in [3.63, 3.8) is 0 Å². The Labute approximate surface area is 365 Å². The van der Waals surface area contributed by atoms with Crippen LogP contribution in [-0.4, -0.2) is 37.2 Å². The fraction of sp³-hybridized carbons (Fsp3) is 0.792. The first-order chi connectivity index (χ1) is 29.0. The first-order valence-corrected chi connectivity index (χ1v) is 25.1. The van der Waals surface area contributed by atoms with Gasteiger partial charge < -0.3 is 14.2 Å². The Morgan fingerprint density at radius 1 is 0.339 bits per heavy atom. The fourth-order valence-corrected chi connectivity index (χ4v) is 6.92. The summed E-state index contributed by atoms with van der Waals surface area (Å²) in [4.78, 5) is 37.9. The number of esters is 3. The molecule has 59 heavy (non-hydrogen) atoms. The summed E-state index contributed by atoms with van der Waals surface area (Å²) < 4.78 is 16.7. The van der Waals surface area contributed by atoms with Crippen molar-refractivity contribution in [1.82, 2.24) is 0 Å². The highest BCUT2D eigenvalue weighted by atomic mass is 16.6. The van der Waals surface area contributed by atoms with E-state index >= 15 is 0 Å². The van der Waals surface area contributed by atoms with Gasteiger partial charge in [0.1, 0.15) is 13.2 Å². The Morgan fingerprint density at radius 3 is 1.05 bits per heavy atom. The number of hydrogen-bond acceptors (Lipinski definition) is 6. The van der Waals surface area contributed by atoms with Crippen molar-refractivity contribution in [2.45, 2.75) is 258 Å². The SMILES string of the molecule is CCCC/C=C\CCCCCCCC(=O)OCC(COC(=O)CCCCCCCCC/C=C\C/C=C\CCCCC)OC(=O)CCCCC/C=C\CCCCCCCC. The maximum absolute atomic E-state index is 12.7. The number of carbonyl (C=O) groups excluding carboxylic acids is 3. The number of carbonyl (C=O) groups is 3. The zero-order valence-electron chi connectivity index (χ0n) is 39.0. The number of allylic oxidation sites excluding steroid dienone is 8. The molecule has 0 aromatic carbocycles. The maximum Gasteiger partial charge on any atom is 0.306 e. The van der Waals surface area contributed by atoms with Gasteiger partial charge in [-0.05, 0) is 96.3 Å². The lowest BCUT2D eigenvalue weighted by molar-refractivity contribution is -0.167. The molecule has 6 heteroatoms. The molecule has 0 bridgehead atoms. The van der Waals surface area contributed by atoms with Crippen molar-refractivity contribution in [3.8, 4) is 0 Å². The summed E-state index contributed by atoms with van der Waals surface area (Å²) in [5.41, 5.74) is 0. The zero-order chi connectivity index (χ0) is 43.0. The Morgan fingerprint density at radius 2 is 0.627 bits per heavy atom. The molecule has 0 aliphatic heterocycles. The van der Waals surface area contributed by atoms with E-state index < -0.39 is 6.10 Å². The lowest BCUT2D eigenvalue weighted by Gasteiger charge is -2.18. The topological polar surface area (TPSA) is 78.9 Å². The fourth-order valence-electron chi connectivity index (χ4n) is 6.92. The highest BCUT2D eigenvalue weighted by Crippen LogP contribution is 2.14. The average Bonchev–Trinajstić information content (AvgIpc) is 3.23. The van der Waals surface area contributed by atoms with Gasteiger partial charge in [0.2, 0.25) is 0 Å². The van der Waals surface area contributed by atoms with E-state index in [1.807, 2.05) is 0 Å². The minimum atomic E-state index is -0.785. The van der Waals surface area contributed by atoms with Crippen molar-refractivity contribution in [1.29, 1.82) is 0 Å². The second-order valence-corrected chi connectivity index (χ2v) is 16.7. The lowest BCUT2D eigenvalue weighted by Crippen LogP contribution is -2.30. The molecule has 6 nitrogen and oxygen atoms in total. The van der Waals surface area contributed by atoms with Gasteiger partial charge in [0, 0.05) is 19.3 Å². The molecule has 0 aromatic heterocycles. The van der Waals surface area contributed by atoms with E-state index in [1.54, 1.807) is 0 Å². The van der Waals surface area contributed by atoms with Gasteiger partial charge in [0.05, 0.1) is 0 Å². The molecular weight excluding hydrogens is 733 g/mol. The average molecular weight is 827 g/mol. The quantitative estimate of drug-likeness (QED) is 0.0263. The lowest BCUT2D eigenvalue weighted by atomic mass is 10.1. The molecule has 0 saturated heterocycles. The van der Waals surface area contributed by atoms with Gasteiger partial charge in [-0.15, -0.1) is 0 Å². The second-order valence-electron chi connectivity index (χ2n) is 16.7. The Hall–Kier alpha value is -2.63. The summed E-state index contributed by atoms with van der Waals surface area (Å²) in [5, 5.41) is 0. The van der Waals surface area contributed by atoms with Crippen molar-refractivity contribution in [2.24, 2.45) is 0 Å². The van der Waals surface area contributed by atoms with E-state index in [1.165, 1.54) is 122 Å². The molecule has 0 aromatic rings. The molecule has 0 rings (SSSR count). The third-order valence-corrected chi connectivity index (χ3v) is 10.8. The van der Waals surface area contributed by atoms with Crippen LogP contribution in [0.4, 0.5) is 0 Å². The molecule has 342 valence electrons. The summed E-state index contributed by atoms with van der Waals surface area (Å²) in [7, 11) is 0. The van der Waals surface area contributed by atoms with Crippen LogP contribution in [0.5, 0.6) is 0 Å².